The second-order valence-corrected chi connectivity index (χ2v) is 5.54. The summed E-state index contributed by atoms with van der Waals surface area (Å²) in [5.41, 5.74) is 0.715. The molecule has 0 spiro atoms. The van der Waals surface area contributed by atoms with Crippen LogP contribution in [0.25, 0.3) is 0 Å². The van der Waals surface area contributed by atoms with Gasteiger partial charge in [0.15, 0.2) is 0 Å². The van der Waals surface area contributed by atoms with Crippen molar-refractivity contribution >= 4 is 0 Å². The van der Waals surface area contributed by atoms with E-state index in [1.54, 1.807) is 19.1 Å². The van der Waals surface area contributed by atoms with E-state index in [9.17, 15) is 9.50 Å². The van der Waals surface area contributed by atoms with Crippen LogP contribution in [0.3, 0.4) is 0 Å². The lowest BCUT2D eigenvalue weighted by Crippen LogP contribution is -2.46. The lowest BCUT2D eigenvalue weighted by atomic mass is 9.81. The van der Waals surface area contributed by atoms with Gasteiger partial charge in [-0.15, -0.1) is 0 Å². The maximum atomic E-state index is 13.3. The lowest BCUT2D eigenvalue weighted by Gasteiger charge is -2.37. The second-order valence-electron chi connectivity index (χ2n) is 5.54. The molecule has 0 saturated carbocycles. The number of benzene rings is 1. The molecule has 3 heteroatoms. The predicted molar refractivity (Wildman–Crippen MR) is 64.2 cm³/mol. The summed E-state index contributed by atoms with van der Waals surface area (Å²) in [6, 6.07) is 5.83. The van der Waals surface area contributed by atoms with Crippen LogP contribution < -0.4 is 5.32 Å². The van der Waals surface area contributed by atoms with Crippen molar-refractivity contribution < 1.29 is 9.50 Å². The number of piperidine rings is 1. The van der Waals surface area contributed by atoms with Crippen LogP contribution in [0.15, 0.2) is 18.2 Å². The maximum Gasteiger partial charge on any atom is 0.126 e. The van der Waals surface area contributed by atoms with Crippen LogP contribution in [0.4, 0.5) is 4.39 Å². The van der Waals surface area contributed by atoms with E-state index in [1.165, 1.54) is 6.07 Å². The Hall–Kier alpha value is -0.930. The molecule has 0 amide bonds. The highest BCUT2D eigenvalue weighted by atomic mass is 19.1. The number of hydrogen-bond acceptors (Lipinski definition) is 2. The van der Waals surface area contributed by atoms with Crippen molar-refractivity contribution in [2.75, 3.05) is 0 Å². The van der Waals surface area contributed by atoms with Gasteiger partial charge >= 0.3 is 0 Å². The minimum Gasteiger partial charge on any atom is -0.385 e. The first kappa shape index (κ1) is 11.2. The first-order valence-electron chi connectivity index (χ1n) is 6.32. The maximum absolute atomic E-state index is 13.3. The average Bonchev–Trinajstić information content (AvgIpc) is 2.62. The first-order chi connectivity index (χ1) is 8.07. The Morgan fingerprint density at radius 1 is 1.29 bits per heavy atom. The molecule has 2 fully saturated rings. The zero-order valence-corrected chi connectivity index (χ0v) is 10.0. The number of hydrogen-bond donors (Lipinski definition) is 2. The molecule has 0 aromatic heterocycles. The Kier molecular flexibility index (Phi) is 2.49. The third-order valence-corrected chi connectivity index (χ3v) is 4.20. The summed E-state index contributed by atoms with van der Waals surface area (Å²) >= 11 is 0. The van der Waals surface area contributed by atoms with Gasteiger partial charge in [0.25, 0.3) is 0 Å². The third-order valence-electron chi connectivity index (χ3n) is 4.20. The van der Waals surface area contributed by atoms with Crippen molar-refractivity contribution in [3.05, 3.63) is 35.1 Å². The van der Waals surface area contributed by atoms with Gasteiger partial charge < -0.3 is 10.4 Å². The molecule has 0 radical (unpaired) electrons. The summed E-state index contributed by atoms with van der Waals surface area (Å²) < 4.78 is 13.3. The smallest absolute Gasteiger partial charge is 0.126 e. The van der Waals surface area contributed by atoms with Gasteiger partial charge in [-0.2, -0.15) is 0 Å². The van der Waals surface area contributed by atoms with Crippen LogP contribution in [-0.4, -0.2) is 17.2 Å². The number of aliphatic hydroxyl groups is 1. The Bertz CT molecular complexity index is 434. The van der Waals surface area contributed by atoms with Crippen LogP contribution >= 0.6 is 0 Å². The van der Waals surface area contributed by atoms with E-state index in [4.69, 9.17) is 0 Å². The molecule has 17 heavy (non-hydrogen) atoms. The first-order valence-corrected chi connectivity index (χ1v) is 6.32. The quantitative estimate of drug-likeness (QED) is 0.782. The van der Waals surface area contributed by atoms with E-state index in [-0.39, 0.29) is 5.82 Å². The standard InChI is InChI=1S/C14H18FNO/c1-9-6-10(2-5-13(9)15)14(17)7-11-3-4-12(8-14)16-11/h2,5-6,11-12,16-17H,3-4,7-8H2,1H3. The summed E-state index contributed by atoms with van der Waals surface area (Å²) in [5.74, 6) is -0.200. The van der Waals surface area contributed by atoms with Crippen molar-refractivity contribution in [2.45, 2.75) is 50.3 Å². The molecule has 2 unspecified atom stereocenters. The van der Waals surface area contributed by atoms with E-state index < -0.39 is 5.60 Å². The topological polar surface area (TPSA) is 32.3 Å². The van der Waals surface area contributed by atoms with Crippen molar-refractivity contribution in [1.29, 1.82) is 0 Å². The molecule has 2 N–H and O–H groups in total. The van der Waals surface area contributed by atoms with E-state index >= 15 is 0 Å². The van der Waals surface area contributed by atoms with Crippen LogP contribution in [-0.2, 0) is 5.60 Å². The van der Waals surface area contributed by atoms with Crippen LogP contribution in [0.5, 0.6) is 0 Å². The van der Waals surface area contributed by atoms with Crippen LogP contribution in [0.2, 0.25) is 0 Å². The fourth-order valence-electron chi connectivity index (χ4n) is 3.29. The molecule has 3 rings (SSSR count). The lowest BCUT2D eigenvalue weighted by molar-refractivity contribution is -0.0115. The molecule has 2 bridgehead atoms. The predicted octanol–water partition coefficient (Wildman–Crippen LogP) is 2.24. The van der Waals surface area contributed by atoms with Crippen molar-refractivity contribution in [2.24, 2.45) is 0 Å². The highest BCUT2D eigenvalue weighted by Crippen LogP contribution is 2.40. The number of rotatable bonds is 1. The van der Waals surface area contributed by atoms with Gasteiger partial charge in [-0.1, -0.05) is 12.1 Å². The molecular weight excluding hydrogens is 217 g/mol. The minimum atomic E-state index is -0.768. The Labute approximate surface area is 101 Å². The molecule has 2 saturated heterocycles. The zero-order chi connectivity index (χ0) is 12.0. The van der Waals surface area contributed by atoms with Crippen molar-refractivity contribution in [1.82, 2.24) is 5.32 Å². The van der Waals surface area contributed by atoms with E-state index in [2.05, 4.69) is 5.32 Å². The van der Waals surface area contributed by atoms with Gasteiger partial charge in [0.05, 0.1) is 5.60 Å². The Balaban J connectivity index is 1.94. The normalized spacial score (nSPS) is 36.2. The zero-order valence-electron chi connectivity index (χ0n) is 10.0. The van der Waals surface area contributed by atoms with Crippen molar-refractivity contribution in [3.63, 3.8) is 0 Å². The van der Waals surface area contributed by atoms with Crippen LogP contribution in [0.1, 0.15) is 36.8 Å². The van der Waals surface area contributed by atoms with E-state index in [1.807, 2.05) is 0 Å². The molecule has 0 aliphatic carbocycles. The highest BCUT2D eigenvalue weighted by molar-refractivity contribution is 5.30. The largest absolute Gasteiger partial charge is 0.385 e. The third kappa shape index (κ3) is 1.87. The summed E-state index contributed by atoms with van der Waals surface area (Å²) in [6.07, 6.45) is 3.78. The Morgan fingerprint density at radius 2 is 1.94 bits per heavy atom. The molecule has 2 aliphatic heterocycles. The molecule has 2 nitrogen and oxygen atoms in total. The summed E-state index contributed by atoms with van der Waals surface area (Å²) in [5, 5.41) is 14.3. The summed E-state index contributed by atoms with van der Waals surface area (Å²) in [7, 11) is 0. The molecule has 1 aromatic carbocycles. The van der Waals surface area contributed by atoms with Gasteiger partial charge in [0.2, 0.25) is 0 Å². The molecular formula is C14H18FNO. The number of nitrogens with one attached hydrogen (secondary N) is 1. The van der Waals surface area contributed by atoms with Gasteiger partial charge in [-0.05, 0) is 49.8 Å². The SMILES string of the molecule is Cc1cc(C2(O)CC3CCC(C2)N3)ccc1F. The second kappa shape index (κ2) is 3.79. The van der Waals surface area contributed by atoms with Crippen molar-refractivity contribution in [3.8, 4) is 0 Å². The monoisotopic (exact) mass is 235 g/mol. The van der Waals surface area contributed by atoms with E-state index in [0.29, 0.717) is 17.6 Å². The van der Waals surface area contributed by atoms with Gasteiger partial charge in [-0.3, -0.25) is 0 Å². The van der Waals surface area contributed by atoms with Gasteiger partial charge in [0.1, 0.15) is 5.82 Å². The highest BCUT2D eigenvalue weighted by Gasteiger charge is 2.43. The molecule has 1 aromatic rings. The average molecular weight is 235 g/mol. The number of fused-ring (bicyclic) bond motifs is 2. The van der Waals surface area contributed by atoms with Gasteiger partial charge in [0, 0.05) is 12.1 Å². The number of aryl methyl sites for hydroxylation is 1. The Morgan fingerprint density at radius 3 is 2.53 bits per heavy atom. The van der Waals surface area contributed by atoms with Gasteiger partial charge in [-0.25, -0.2) is 4.39 Å². The molecule has 2 atom stereocenters. The fourth-order valence-corrected chi connectivity index (χ4v) is 3.29. The van der Waals surface area contributed by atoms with Crippen LogP contribution in [0, 0.1) is 12.7 Å². The van der Waals surface area contributed by atoms with E-state index in [0.717, 1.165) is 31.2 Å². The number of halogens is 1. The summed E-state index contributed by atoms with van der Waals surface area (Å²) in [4.78, 5) is 0. The fraction of sp³-hybridized carbons (Fsp3) is 0.571. The molecule has 2 aliphatic rings. The molecule has 2 heterocycles. The minimum absolute atomic E-state index is 0.200. The molecule has 92 valence electrons. The summed E-state index contributed by atoms with van der Waals surface area (Å²) in [6.45, 7) is 1.75.